The Labute approximate surface area is 101 Å². The lowest BCUT2D eigenvalue weighted by Gasteiger charge is -2.06. The number of hydrogen-bond acceptors (Lipinski definition) is 0. The molecule has 0 atom stereocenters. The van der Waals surface area contributed by atoms with E-state index in [0.717, 1.165) is 0 Å². The lowest BCUT2D eigenvalue weighted by Crippen LogP contribution is -1.91. The van der Waals surface area contributed by atoms with Crippen molar-refractivity contribution < 1.29 is 0 Å². The zero-order valence-corrected chi connectivity index (χ0v) is 10.1. The SMILES string of the molecule is CC=C(C)n1c2ccccc2c2ccccc21. The van der Waals surface area contributed by atoms with E-state index in [-0.39, 0.29) is 0 Å². The smallest absolute Gasteiger partial charge is 0.0537 e. The van der Waals surface area contributed by atoms with Crippen LogP contribution in [0.25, 0.3) is 27.5 Å². The molecule has 17 heavy (non-hydrogen) atoms. The summed E-state index contributed by atoms with van der Waals surface area (Å²) in [6.07, 6.45) is 2.15. The highest BCUT2D eigenvalue weighted by atomic mass is 15.0. The van der Waals surface area contributed by atoms with E-state index >= 15 is 0 Å². The Balaban J connectivity index is 2.59. The van der Waals surface area contributed by atoms with Crippen molar-refractivity contribution in [2.24, 2.45) is 0 Å². The number of rotatable bonds is 1. The van der Waals surface area contributed by atoms with Gasteiger partial charge < -0.3 is 4.57 Å². The van der Waals surface area contributed by atoms with Gasteiger partial charge in [-0.3, -0.25) is 0 Å². The molecule has 0 radical (unpaired) electrons. The van der Waals surface area contributed by atoms with E-state index in [1.54, 1.807) is 0 Å². The summed E-state index contributed by atoms with van der Waals surface area (Å²) in [5.41, 5.74) is 3.83. The van der Waals surface area contributed by atoms with E-state index in [2.05, 4.69) is 73.0 Å². The third-order valence-corrected chi connectivity index (χ3v) is 3.35. The third-order valence-electron chi connectivity index (χ3n) is 3.35. The molecule has 0 amide bonds. The molecule has 0 unspecified atom stereocenters. The van der Waals surface area contributed by atoms with Crippen molar-refractivity contribution >= 4 is 27.5 Å². The molecule has 1 heteroatoms. The van der Waals surface area contributed by atoms with Crippen molar-refractivity contribution in [2.45, 2.75) is 13.8 Å². The van der Waals surface area contributed by atoms with Gasteiger partial charge in [-0.1, -0.05) is 42.5 Å². The monoisotopic (exact) mass is 221 g/mol. The normalized spacial score (nSPS) is 12.5. The maximum Gasteiger partial charge on any atom is 0.0537 e. The van der Waals surface area contributed by atoms with Gasteiger partial charge in [-0.25, -0.2) is 0 Å². The molecule has 0 N–H and O–H groups in total. The molecule has 0 fully saturated rings. The zero-order chi connectivity index (χ0) is 11.8. The van der Waals surface area contributed by atoms with Crippen molar-refractivity contribution in [1.29, 1.82) is 0 Å². The predicted octanol–water partition coefficient (Wildman–Crippen LogP) is 4.68. The molecule has 1 aromatic heterocycles. The molecule has 84 valence electrons. The second kappa shape index (κ2) is 3.77. The lowest BCUT2D eigenvalue weighted by atomic mass is 10.2. The molecule has 0 aliphatic carbocycles. The molecule has 0 bridgehead atoms. The Morgan fingerprint density at radius 3 is 1.82 bits per heavy atom. The predicted molar refractivity (Wildman–Crippen MR) is 75.1 cm³/mol. The molecule has 1 nitrogen and oxygen atoms in total. The molecule has 2 aromatic carbocycles. The number of hydrogen-bond donors (Lipinski definition) is 0. The van der Waals surface area contributed by atoms with Crippen LogP contribution in [0.15, 0.2) is 54.6 Å². The van der Waals surface area contributed by atoms with E-state index in [0.29, 0.717) is 0 Å². The molecule has 0 saturated heterocycles. The number of para-hydroxylation sites is 2. The highest BCUT2D eigenvalue weighted by Crippen LogP contribution is 2.30. The first-order valence-electron chi connectivity index (χ1n) is 5.94. The summed E-state index contributed by atoms with van der Waals surface area (Å²) in [5, 5.41) is 2.65. The van der Waals surface area contributed by atoms with Crippen LogP contribution in [0.4, 0.5) is 0 Å². The maximum atomic E-state index is 2.32. The van der Waals surface area contributed by atoms with E-state index in [1.165, 1.54) is 27.5 Å². The minimum atomic E-state index is 1.27. The number of nitrogens with zero attached hydrogens (tertiary/aromatic N) is 1. The van der Waals surface area contributed by atoms with Crippen LogP contribution in [0.3, 0.4) is 0 Å². The fourth-order valence-electron chi connectivity index (χ4n) is 2.43. The Bertz CT molecular complexity index is 663. The van der Waals surface area contributed by atoms with Crippen LogP contribution in [0.1, 0.15) is 13.8 Å². The Hall–Kier alpha value is -2.02. The van der Waals surface area contributed by atoms with Gasteiger partial charge in [-0.15, -0.1) is 0 Å². The van der Waals surface area contributed by atoms with Crippen LogP contribution in [-0.2, 0) is 0 Å². The van der Waals surface area contributed by atoms with Crippen molar-refractivity contribution in [2.75, 3.05) is 0 Å². The fraction of sp³-hybridized carbons (Fsp3) is 0.125. The van der Waals surface area contributed by atoms with Gasteiger partial charge in [0, 0.05) is 16.5 Å². The Kier molecular flexibility index (Phi) is 2.25. The molecular weight excluding hydrogens is 206 g/mol. The lowest BCUT2D eigenvalue weighted by molar-refractivity contribution is 1.19. The minimum Gasteiger partial charge on any atom is -0.314 e. The van der Waals surface area contributed by atoms with Gasteiger partial charge in [0.15, 0.2) is 0 Å². The largest absolute Gasteiger partial charge is 0.314 e. The Morgan fingerprint density at radius 2 is 1.35 bits per heavy atom. The van der Waals surface area contributed by atoms with Crippen LogP contribution in [0.2, 0.25) is 0 Å². The van der Waals surface area contributed by atoms with Crippen molar-refractivity contribution in [1.82, 2.24) is 4.57 Å². The Morgan fingerprint density at radius 1 is 0.882 bits per heavy atom. The van der Waals surface area contributed by atoms with Crippen LogP contribution in [-0.4, -0.2) is 4.57 Å². The van der Waals surface area contributed by atoms with Crippen LogP contribution in [0.5, 0.6) is 0 Å². The second-order valence-corrected chi connectivity index (χ2v) is 4.30. The molecule has 0 spiro atoms. The molecule has 3 aromatic rings. The summed E-state index contributed by atoms with van der Waals surface area (Å²) >= 11 is 0. The standard InChI is InChI=1S/C16H15N/c1-3-12(2)17-15-10-6-4-8-13(15)14-9-5-7-11-16(14)17/h3-11H,1-2H3. The molecule has 0 saturated carbocycles. The number of benzene rings is 2. The van der Waals surface area contributed by atoms with Gasteiger partial charge in [-0.05, 0) is 26.0 Å². The molecule has 3 rings (SSSR count). The van der Waals surface area contributed by atoms with Crippen LogP contribution in [0, 0.1) is 0 Å². The van der Waals surface area contributed by atoms with Crippen molar-refractivity contribution in [3.05, 3.63) is 54.6 Å². The number of aromatic nitrogens is 1. The summed E-state index contributed by atoms with van der Waals surface area (Å²) in [4.78, 5) is 0. The number of allylic oxidation sites excluding steroid dienone is 2. The van der Waals surface area contributed by atoms with Crippen molar-refractivity contribution in [3.8, 4) is 0 Å². The molecule has 1 heterocycles. The average molecular weight is 221 g/mol. The van der Waals surface area contributed by atoms with Crippen LogP contribution >= 0.6 is 0 Å². The summed E-state index contributed by atoms with van der Waals surface area (Å²) in [7, 11) is 0. The first kappa shape index (κ1) is 10.2. The second-order valence-electron chi connectivity index (χ2n) is 4.30. The van der Waals surface area contributed by atoms with Gasteiger partial charge in [0.25, 0.3) is 0 Å². The minimum absolute atomic E-state index is 1.27. The summed E-state index contributed by atoms with van der Waals surface area (Å²) in [6.45, 7) is 4.23. The van der Waals surface area contributed by atoms with E-state index in [1.807, 2.05) is 0 Å². The first-order valence-corrected chi connectivity index (χ1v) is 5.94. The van der Waals surface area contributed by atoms with Gasteiger partial charge >= 0.3 is 0 Å². The van der Waals surface area contributed by atoms with E-state index < -0.39 is 0 Å². The van der Waals surface area contributed by atoms with Gasteiger partial charge in [-0.2, -0.15) is 0 Å². The quantitative estimate of drug-likeness (QED) is 0.562. The van der Waals surface area contributed by atoms with Crippen molar-refractivity contribution in [3.63, 3.8) is 0 Å². The summed E-state index contributed by atoms with van der Waals surface area (Å²) < 4.78 is 2.32. The summed E-state index contributed by atoms with van der Waals surface area (Å²) in [5.74, 6) is 0. The van der Waals surface area contributed by atoms with Crippen LogP contribution < -0.4 is 0 Å². The molecule has 0 aliphatic rings. The molecule has 0 aliphatic heterocycles. The molecular formula is C16H15N. The average Bonchev–Trinajstić information content (AvgIpc) is 2.72. The highest BCUT2D eigenvalue weighted by Gasteiger charge is 2.09. The van der Waals surface area contributed by atoms with Gasteiger partial charge in [0.05, 0.1) is 11.0 Å². The zero-order valence-electron chi connectivity index (χ0n) is 10.1. The third kappa shape index (κ3) is 1.39. The fourth-order valence-corrected chi connectivity index (χ4v) is 2.43. The highest BCUT2D eigenvalue weighted by molar-refractivity contribution is 6.09. The van der Waals surface area contributed by atoms with E-state index in [9.17, 15) is 0 Å². The van der Waals surface area contributed by atoms with E-state index in [4.69, 9.17) is 0 Å². The topological polar surface area (TPSA) is 4.93 Å². The first-order chi connectivity index (χ1) is 8.33. The van der Waals surface area contributed by atoms with Gasteiger partial charge in [0.1, 0.15) is 0 Å². The van der Waals surface area contributed by atoms with Gasteiger partial charge in [0.2, 0.25) is 0 Å². The number of fused-ring (bicyclic) bond motifs is 3. The maximum absolute atomic E-state index is 2.32. The summed E-state index contributed by atoms with van der Waals surface area (Å²) in [6, 6.07) is 17.1.